The molecular weight excluding hydrogens is 233 g/mol. The van der Waals surface area contributed by atoms with Gasteiger partial charge >= 0.3 is 12.1 Å². The third-order valence-electron chi connectivity index (χ3n) is 1.38. The van der Waals surface area contributed by atoms with E-state index in [1.165, 1.54) is 12.1 Å². The number of carboxylic acids is 1. The maximum absolute atomic E-state index is 11.7. The van der Waals surface area contributed by atoms with Crippen molar-refractivity contribution in [3.05, 3.63) is 23.7 Å². The molecule has 15 heavy (non-hydrogen) atoms. The highest BCUT2D eigenvalue weighted by atomic mass is 32.2. The topological polar surface area (TPSA) is 50.4 Å². The van der Waals surface area contributed by atoms with E-state index < -0.39 is 17.9 Å². The van der Waals surface area contributed by atoms with E-state index in [0.717, 1.165) is 0 Å². The second kappa shape index (κ2) is 4.61. The SMILES string of the molecule is O=C(O)c1ccc(CSCC(F)(F)F)o1. The fraction of sp³-hybridized carbons (Fsp3) is 0.375. The summed E-state index contributed by atoms with van der Waals surface area (Å²) in [5, 5.41) is 8.47. The maximum Gasteiger partial charge on any atom is 0.397 e. The van der Waals surface area contributed by atoms with Crippen molar-refractivity contribution in [3.8, 4) is 0 Å². The van der Waals surface area contributed by atoms with Crippen LogP contribution in [0.3, 0.4) is 0 Å². The van der Waals surface area contributed by atoms with Crippen LogP contribution >= 0.6 is 11.8 Å². The van der Waals surface area contributed by atoms with Gasteiger partial charge in [0.1, 0.15) is 5.76 Å². The van der Waals surface area contributed by atoms with Gasteiger partial charge < -0.3 is 9.52 Å². The fourth-order valence-electron chi connectivity index (χ4n) is 0.838. The third kappa shape index (κ3) is 4.28. The molecule has 0 bridgehead atoms. The van der Waals surface area contributed by atoms with Crippen LogP contribution in [0.25, 0.3) is 0 Å². The fourth-order valence-corrected chi connectivity index (χ4v) is 1.53. The van der Waals surface area contributed by atoms with Crippen LogP contribution in [0.2, 0.25) is 0 Å². The van der Waals surface area contributed by atoms with Gasteiger partial charge in [-0.05, 0) is 12.1 Å². The van der Waals surface area contributed by atoms with Crippen LogP contribution in [-0.4, -0.2) is 23.0 Å². The van der Waals surface area contributed by atoms with Crippen molar-refractivity contribution in [1.82, 2.24) is 0 Å². The van der Waals surface area contributed by atoms with Gasteiger partial charge in [0.15, 0.2) is 0 Å². The largest absolute Gasteiger partial charge is 0.475 e. The second-order valence-corrected chi connectivity index (χ2v) is 3.66. The summed E-state index contributed by atoms with van der Waals surface area (Å²) < 4.78 is 40.0. The summed E-state index contributed by atoms with van der Waals surface area (Å²) in [4.78, 5) is 10.4. The molecule has 0 fully saturated rings. The van der Waals surface area contributed by atoms with Gasteiger partial charge in [0, 0.05) is 0 Å². The van der Waals surface area contributed by atoms with Gasteiger partial charge in [0.2, 0.25) is 5.76 Å². The molecule has 1 aromatic rings. The van der Waals surface area contributed by atoms with Crippen LogP contribution in [-0.2, 0) is 5.75 Å². The van der Waals surface area contributed by atoms with Gasteiger partial charge in [-0.3, -0.25) is 0 Å². The Morgan fingerprint density at radius 3 is 2.60 bits per heavy atom. The van der Waals surface area contributed by atoms with Crippen molar-refractivity contribution < 1.29 is 27.5 Å². The lowest BCUT2D eigenvalue weighted by Gasteiger charge is -2.03. The van der Waals surface area contributed by atoms with E-state index in [2.05, 4.69) is 0 Å². The minimum Gasteiger partial charge on any atom is -0.475 e. The Morgan fingerprint density at radius 2 is 2.13 bits per heavy atom. The molecule has 0 spiro atoms. The molecule has 0 saturated carbocycles. The molecule has 1 rings (SSSR count). The summed E-state index contributed by atoms with van der Waals surface area (Å²) in [5.74, 6) is -2.25. The van der Waals surface area contributed by atoms with Crippen LogP contribution in [0.15, 0.2) is 16.5 Å². The number of halogens is 3. The zero-order valence-electron chi connectivity index (χ0n) is 7.37. The van der Waals surface area contributed by atoms with Crippen molar-refractivity contribution in [2.45, 2.75) is 11.9 Å². The predicted molar refractivity (Wildman–Crippen MR) is 47.9 cm³/mol. The molecule has 0 radical (unpaired) electrons. The quantitative estimate of drug-likeness (QED) is 0.879. The summed E-state index contributed by atoms with van der Waals surface area (Å²) in [5.41, 5.74) is 0. The van der Waals surface area contributed by atoms with Gasteiger partial charge in [-0.25, -0.2) is 4.79 Å². The van der Waals surface area contributed by atoms with Gasteiger partial charge in [-0.15, -0.1) is 11.8 Å². The lowest BCUT2D eigenvalue weighted by atomic mass is 10.4. The lowest BCUT2D eigenvalue weighted by molar-refractivity contribution is -0.105. The molecule has 0 aliphatic carbocycles. The standard InChI is InChI=1S/C8H7F3O3S/c9-8(10,11)4-15-3-5-1-2-6(14-5)7(12)13/h1-2H,3-4H2,(H,12,13). The number of hydrogen-bond acceptors (Lipinski definition) is 3. The monoisotopic (exact) mass is 240 g/mol. The molecule has 0 aliphatic heterocycles. The molecule has 1 N–H and O–H groups in total. The number of aromatic carboxylic acids is 1. The zero-order valence-corrected chi connectivity index (χ0v) is 8.19. The van der Waals surface area contributed by atoms with Gasteiger partial charge in [-0.1, -0.05) is 0 Å². The van der Waals surface area contributed by atoms with Crippen LogP contribution in [0, 0.1) is 0 Å². The normalized spacial score (nSPS) is 11.7. The number of carbonyl (C=O) groups is 1. The van der Waals surface area contributed by atoms with Crippen LogP contribution in [0.1, 0.15) is 16.3 Å². The molecule has 1 heterocycles. The van der Waals surface area contributed by atoms with Crippen LogP contribution < -0.4 is 0 Å². The first-order valence-corrected chi connectivity index (χ1v) is 5.00. The molecule has 0 saturated heterocycles. The summed E-state index contributed by atoms with van der Waals surface area (Å²) in [6, 6.07) is 2.57. The molecule has 0 unspecified atom stereocenters. The van der Waals surface area contributed by atoms with Crippen molar-refractivity contribution in [3.63, 3.8) is 0 Å². The maximum atomic E-state index is 11.7. The van der Waals surface area contributed by atoms with E-state index in [1.807, 2.05) is 0 Å². The molecule has 0 amide bonds. The molecule has 84 valence electrons. The first kappa shape index (κ1) is 12.0. The van der Waals surface area contributed by atoms with Gasteiger partial charge in [0.25, 0.3) is 0 Å². The lowest BCUT2D eigenvalue weighted by Crippen LogP contribution is -2.10. The third-order valence-corrected chi connectivity index (χ3v) is 2.40. The molecule has 3 nitrogen and oxygen atoms in total. The highest BCUT2D eigenvalue weighted by Gasteiger charge is 2.26. The molecule has 0 aliphatic rings. The Hall–Kier alpha value is -1.11. The molecular formula is C8H7F3O3S. The zero-order chi connectivity index (χ0) is 11.5. The number of hydrogen-bond donors (Lipinski definition) is 1. The highest BCUT2D eigenvalue weighted by Crippen LogP contribution is 2.24. The summed E-state index contributed by atoms with van der Waals surface area (Å²) in [6.45, 7) is 0. The Bertz CT molecular complexity index is 345. The van der Waals surface area contributed by atoms with Gasteiger partial charge in [-0.2, -0.15) is 13.2 Å². The molecule has 7 heteroatoms. The first-order chi connectivity index (χ1) is 6.88. The van der Waals surface area contributed by atoms with Gasteiger partial charge in [0.05, 0.1) is 11.5 Å². The average molecular weight is 240 g/mol. The van der Waals surface area contributed by atoms with E-state index >= 15 is 0 Å². The minimum absolute atomic E-state index is 0.00674. The average Bonchev–Trinajstić information content (AvgIpc) is 2.50. The van der Waals surface area contributed by atoms with E-state index in [9.17, 15) is 18.0 Å². The summed E-state index contributed by atoms with van der Waals surface area (Å²) in [6.07, 6.45) is -4.22. The predicted octanol–water partition coefficient (Wildman–Crippen LogP) is 2.77. The smallest absolute Gasteiger partial charge is 0.397 e. The second-order valence-electron chi connectivity index (χ2n) is 2.68. The van der Waals surface area contributed by atoms with Crippen LogP contribution in [0.4, 0.5) is 13.2 Å². The molecule has 0 atom stereocenters. The minimum atomic E-state index is -4.22. The summed E-state index contributed by atoms with van der Waals surface area (Å²) in [7, 11) is 0. The van der Waals surface area contributed by atoms with Crippen molar-refractivity contribution in [2.75, 3.05) is 5.75 Å². The Balaban J connectivity index is 2.41. The van der Waals surface area contributed by atoms with Crippen molar-refractivity contribution >= 4 is 17.7 Å². The Labute approximate surface area is 87.3 Å². The Kier molecular flexibility index (Phi) is 3.67. The molecule has 0 aromatic carbocycles. The first-order valence-electron chi connectivity index (χ1n) is 3.85. The van der Waals surface area contributed by atoms with E-state index in [1.54, 1.807) is 0 Å². The van der Waals surface area contributed by atoms with Crippen molar-refractivity contribution in [2.24, 2.45) is 0 Å². The molecule has 1 aromatic heterocycles. The van der Waals surface area contributed by atoms with Crippen LogP contribution in [0.5, 0.6) is 0 Å². The number of thioether (sulfide) groups is 1. The number of rotatable bonds is 4. The number of furan rings is 1. The van der Waals surface area contributed by atoms with E-state index in [0.29, 0.717) is 11.8 Å². The number of carboxylic acid groups (broad SMARTS) is 1. The van der Waals surface area contributed by atoms with E-state index in [-0.39, 0.29) is 17.3 Å². The Morgan fingerprint density at radius 1 is 1.47 bits per heavy atom. The summed E-state index contributed by atoms with van der Waals surface area (Å²) >= 11 is 0.627. The van der Waals surface area contributed by atoms with Crippen molar-refractivity contribution in [1.29, 1.82) is 0 Å². The van der Waals surface area contributed by atoms with E-state index in [4.69, 9.17) is 9.52 Å². The number of alkyl halides is 3. The highest BCUT2D eigenvalue weighted by molar-refractivity contribution is 7.98.